The quantitative estimate of drug-likeness (QED) is 0.918. The number of nitrogens with one attached hydrogen (secondary N) is 1. The van der Waals surface area contributed by atoms with Gasteiger partial charge in [-0.2, -0.15) is 4.98 Å². The van der Waals surface area contributed by atoms with Gasteiger partial charge in [-0.15, -0.1) is 0 Å². The monoisotopic (exact) mass is 328 g/mol. The van der Waals surface area contributed by atoms with Crippen molar-refractivity contribution in [2.75, 3.05) is 26.1 Å². The molecule has 0 spiro atoms. The van der Waals surface area contributed by atoms with Gasteiger partial charge < -0.3 is 15.0 Å². The van der Waals surface area contributed by atoms with E-state index in [1.165, 1.54) is 25.7 Å². The number of aromatic nitrogens is 2. The van der Waals surface area contributed by atoms with Crippen LogP contribution in [0.3, 0.4) is 0 Å². The SMILES string of the molecule is CNC1CCC(N(C)c2ncc(Br)c(OC)n2)CC1. The average molecular weight is 329 g/mol. The molecule has 1 fully saturated rings. The number of halogens is 1. The Morgan fingerprint density at radius 1 is 1.37 bits per heavy atom. The molecule has 1 aliphatic carbocycles. The topological polar surface area (TPSA) is 50.3 Å². The van der Waals surface area contributed by atoms with E-state index in [2.05, 4.69) is 43.2 Å². The second-order valence-corrected chi connectivity index (χ2v) is 5.79. The molecule has 0 amide bonds. The molecule has 0 radical (unpaired) electrons. The molecule has 1 aromatic rings. The number of ether oxygens (including phenoxy) is 1. The van der Waals surface area contributed by atoms with Crippen LogP contribution in [-0.4, -0.2) is 43.3 Å². The molecule has 6 heteroatoms. The average Bonchev–Trinajstić information content (AvgIpc) is 2.47. The van der Waals surface area contributed by atoms with E-state index in [4.69, 9.17) is 4.74 Å². The second kappa shape index (κ2) is 6.52. The Balaban J connectivity index is 2.05. The molecule has 1 aromatic heterocycles. The standard InChI is InChI=1S/C13H21BrN4O/c1-15-9-4-6-10(7-5-9)18(2)13-16-8-11(14)12(17-13)19-3/h8-10,15H,4-7H2,1-3H3. The Morgan fingerprint density at radius 2 is 2.05 bits per heavy atom. The van der Waals surface area contributed by atoms with Crippen LogP contribution in [0.1, 0.15) is 25.7 Å². The third kappa shape index (κ3) is 3.36. The van der Waals surface area contributed by atoms with Gasteiger partial charge in [-0.05, 0) is 48.7 Å². The predicted octanol–water partition coefficient (Wildman–Crippen LogP) is 2.21. The number of hydrogen-bond donors (Lipinski definition) is 1. The summed E-state index contributed by atoms with van der Waals surface area (Å²) in [7, 11) is 5.72. The van der Waals surface area contributed by atoms with Crippen LogP contribution < -0.4 is 15.0 Å². The zero-order valence-electron chi connectivity index (χ0n) is 11.7. The van der Waals surface area contributed by atoms with Gasteiger partial charge in [0, 0.05) is 19.1 Å². The van der Waals surface area contributed by atoms with Gasteiger partial charge >= 0.3 is 0 Å². The van der Waals surface area contributed by atoms with Gasteiger partial charge in [-0.1, -0.05) is 0 Å². The smallest absolute Gasteiger partial charge is 0.232 e. The summed E-state index contributed by atoms with van der Waals surface area (Å²) < 4.78 is 6.01. The highest BCUT2D eigenvalue weighted by Crippen LogP contribution is 2.27. The summed E-state index contributed by atoms with van der Waals surface area (Å²) in [6, 6.07) is 1.17. The normalized spacial score (nSPS) is 23.2. The summed E-state index contributed by atoms with van der Waals surface area (Å²) in [6.45, 7) is 0. The van der Waals surface area contributed by atoms with Crippen molar-refractivity contribution in [2.24, 2.45) is 0 Å². The Labute approximate surface area is 122 Å². The molecule has 0 aromatic carbocycles. The predicted molar refractivity (Wildman–Crippen MR) is 79.8 cm³/mol. The summed E-state index contributed by atoms with van der Waals surface area (Å²) in [6.07, 6.45) is 6.50. The lowest BCUT2D eigenvalue weighted by atomic mass is 9.90. The van der Waals surface area contributed by atoms with Crippen molar-refractivity contribution in [1.29, 1.82) is 0 Å². The lowest BCUT2D eigenvalue weighted by Gasteiger charge is -2.34. The Morgan fingerprint density at radius 3 is 2.63 bits per heavy atom. The first kappa shape index (κ1) is 14.5. The fourth-order valence-corrected chi connectivity index (χ4v) is 2.92. The molecule has 2 rings (SSSR count). The molecular weight excluding hydrogens is 308 g/mol. The minimum absolute atomic E-state index is 0.510. The van der Waals surface area contributed by atoms with Crippen LogP contribution in [0.5, 0.6) is 5.88 Å². The number of hydrogen-bond acceptors (Lipinski definition) is 5. The highest BCUT2D eigenvalue weighted by molar-refractivity contribution is 9.10. The van der Waals surface area contributed by atoms with Crippen molar-refractivity contribution in [3.05, 3.63) is 10.7 Å². The van der Waals surface area contributed by atoms with Gasteiger partial charge in [-0.25, -0.2) is 4.98 Å². The molecule has 106 valence electrons. The van der Waals surface area contributed by atoms with E-state index in [9.17, 15) is 0 Å². The summed E-state index contributed by atoms with van der Waals surface area (Å²) in [4.78, 5) is 11.0. The molecule has 0 bridgehead atoms. The number of rotatable bonds is 4. The summed E-state index contributed by atoms with van der Waals surface area (Å²) >= 11 is 3.38. The van der Waals surface area contributed by atoms with Crippen molar-refractivity contribution in [3.63, 3.8) is 0 Å². The molecule has 1 aliphatic rings. The second-order valence-electron chi connectivity index (χ2n) is 4.93. The minimum atomic E-state index is 0.510. The molecule has 0 saturated heterocycles. The van der Waals surface area contributed by atoms with Crippen LogP contribution >= 0.6 is 15.9 Å². The molecule has 1 N–H and O–H groups in total. The van der Waals surface area contributed by atoms with Crippen molar-refractivity contribution in [1.82, 2.24) is 15.3 Å². The summed E-state index contributed by atoms with van der Waals surface area (Å²) in [5, 5.41) is 3.35. The maximum Gasteiger partial charge on any atom is 0.232 e. The van der Waals surface area contributed by atoms with Crippen LogP contribution in [0.4, 0.5) is 5.95 Å². The number of anilines is 1. The first-order chi connectivity index (χ1) is 9.15. The largest absolute Gasteiger partial charge is 0.480 e. The lowest BCUT2D eigenvalue weighted by Crippen LogP contribution is -2.40. The highest BCUT2D eigenvalue weighted by atomic mass is 79.9. The zero-order chi connectivity index (χ0) is 13.8. The Kier molecular flexibility index (Phi) is 4.99. The van der Waals surface area contributed by atoms with E-state index >= 15 is 0 Å². The number of nitrogens with zero attached hydrogens (tertiary/aromatic N) is 3. The zero-order valence-corrected chi connectivity index (χ0v) is 13.3. The fourth-order valence-electron chi connectivity index (χ4n) is 2.57. The minimum Gasteiger partial charge on any atom is -0.480 e. The van der Waals surface area contributed by atoms with E-state index in [0.29, 0.717) is 18.0 Å². The molecule has 1 saturated carbocycles. The van der Waals surface area contributed by atoms with Crippen molar-refractivity contribution in [3.8, 4) is 5.88 Å². The van der Waals surface area contributed by atoms with Gasteiger partial charge in [0.15, 0.2) is 0 Å². The van der Waals surface area contributed by atoms with Gasteiger partial charge in [0.25, 0.3) is 0 Å². The van der Waals surface area contributed by atoms with Crippen LogP contribution in [0.25, 0.3) is 0 Å². The molecule has 0 aliphatic heterocycles. The van der Waals surface area contributed by atoms with Crippen LogP contribution in [0, 0.1) is 0 Å². The summed E-state index contributed by atoms with van der Waals surface area (Å²) in [5.74, 6) is 1.31. The first-order valence-corrected chi connectivity index (χ1v) is 7.41. The van der Waals surface area contributed by atoms with Crippen LogP contribution in [0.2, 0.25) is 0 Å². The maximum absolute atomic E-state index is 5.22. The Hall–Kier alpha value is -0.880. The highest BCUT2D eigenvalue weighted by Gasteiger charge is 2.24. The Bertz CT molecular complexity index is 421. The van der Waals surface area contributed by atoms with Crippen LogP contribution in [-0.2, 0) is 0 Å². The van der Waals surface area contributed by atoms with E-state index in [-0.39, 0.29) is 0 Å². The van der Waals surface area contributed by atoms with Crippen molar-refractivity contribution >= 4 is 21.9 Å². The van der Waals surface area contributed by atoms with Crippen molar-refractivity contribution < 1.29 is 4.74 Å². The van der Waals surface area contributed by atoms with E-state index in [1.807, 2.05) is 7.05 Å². The molecule has 0 unspecified atom stereocenters. The third-order valence-electron chi connectivity index (χ3n) is 3.86. The summed E-state index contributed by atoms with van der Waals surface area (Å²) in [5.41, 5.74) is 0. The molecule has 1 heterocycles. The van der Waals surface area contributed by atoms with E-state index in [1.54, 1.807) is 13.3 Å². The van der Waals surface area contributed by atoms with Gasteiger partial charge in [-0.3, -0.25) is 0 Å². The third-order valence-corrected chi connectivity index (χ3v) is 4.40. The first-order valence-electron chi connectivity index (χ1n) is 6.62. The molecular formula is C13H21BrN4O. The fraction of sp³-hybridized carbons (Fsp3) is 0.692. The molecule has 5 nitrogen and oxygen atoms in total. The van der Waals surface area contributed by atoms with Gasteiger partial charge in [0.1, 0.15) is 0 Å². The number of methoxy groups -OCH3 is 1. The maximum atomic E-state index is 5.22. The van der Waals surface area contributed by atoms with E-state index < -0.39 is 0 Å². The van der Waals surface area contributed by atoms with Gasteiger partial charge in [0.2, 0.25) is 11.8 Å². The molecule has 19 heavy (non-hydrogen) atoms. The van der Waals surface area contributed by atoms with Crippen molar-refractivity contribution in [2.45, 2.75) is 37.8 Å². The lowest BCUT2D eigenvalue weighted by molar-refractivity contribution is 0.348. The molecule has 0 atom stereocenters. The van der Waals surface area contributed by atoms with E-state index in [0.717, 1.165) is 10.4 Å². The van der Waals surface area contributed by atoms with Gasteiger partial charge in [0.05, 0.1) is 17.8 Å². The van der Waals surface area contributed by atoms with Crippen LogP contribution in [0.15, 0.2) is 10.7 Å².